The SMILES string of the molecule is COC(=O)[C@H](CCSC)NC(=O)C1(NC(=O)c2ccc(-c3csc(N4CCC(N5CCOCC5)CC4)n3)cc2)CCCCC1.O=C1OC(c2ccc(-c3csc(N4CCC(N5CCOCC5)CC4)n3)cc2)=NC12CCCCC2. The number of nitrogens with zero attached hydrogens (tertiary/aromatic N) is 7. The predicted molar refractivity (Wildman–Crippen MR) is 309 cm³/mol. The van der Waals surface area contributed by atoms with Gasteiger partial charge >= 0.3 is 11.9 Å². The van der Waals surface area contributed by atoms with E-state index in [1.54, 1.807) is 46.6 Å². The van der Waals surface area contributed by atoms with Crippen LogP contribution in [0, 0.1) is 0 Å². The number of benzene rings is 2. The highest BCUT2D eigenvalue weighted by Gasteiger charge is 2.47. The minimum atomic E-state index is -1.06. The smallest absolute Gasteiger partial charge is 0.340 e. The van der Waals surface area contributed by atoms with Gasteiger partial charge in [-0.15, -0.1) is 22.7 Å². The number of ether oxygens (including phenoxy) is 4. The van der Waals surface area contributed by atoms with E-state index in [-0.39, 0.29) is 17.8 Å². The summed E-state index contributed by atoms with van der Waals surface area (Å²) in [6, 6.07) is 16.1. The number of aromatic nitrogens is 2. The first-order chi connectivity index (χ1) is 38.1. The molecule has 17 nitrogen and oxygen atoms in total. The molecule has 4 aromatic rings. The molecule has 4 saturated heterocycles. The van der Waals surface area contributed by atoms with E-state index in [9.17, 15) is 19.2 Å². The molecule has 2 saturated carbocycles. The number of hydrogen-bond acceptors (Lipinski definition) is 18. The van der Waals surface area contributed by atoms with Crippen molar-refractivity contribution in [2.75, 3.05) is 108 Å². The van der Waals surface area contributed by atoms with Crippen molar-refractivity contribution in [3.8, 4) is 22.5 Å². The van der Waals surface area contributed by atoms with Gasteiger partial charge in [-0.2, -0.15) is 11.8 Å². The topological polar surface area (TPSA) is 180 Å². The van der Waals surface area contributed by atoms with E-state index < -0.39 is 23.1 Å². The lowest BCUT2D eigenvalue weighted by molar-refractivity contribution is -0.146. The Kier molecular flexibility index (Phi) is 19.2. The molecule has 7 aliphatic rings. The average molecular weight is 1120 g/mol. The summed E-state index contributed by atoms with van der Waals surface area (Å²) in [6.45, 7) is 11.7. The van der Waals surface area contributed by atoms with Gasteiger partial charge in [-0.1, -0.05) is 62.8 Å². The van der Waals surface area contributed by atoms with Crippen molar-refractivity contribution >= 4 is 74.3 Å². The van der Waals surface area contributed by atoms with Gasteiger partial charge in [-0.25, -0.2) is 24.5 Å². The van der Waals surface area contributed by atoms with Gasteiger partial charge in [-0.3, -0.25) is 19.4 Å². The van der Waals surface area contributed by atoms with Crippen LogP contribution in [0.4, 0.5) is 10.3 Å². The van der Waals surface area contributed by atoms with Crippen molar-refractivity contribution in [1.29, 1.82) is 0 Å². The molecule has 11 rings (SSSR count). The van der Waals surface area contributed by atoms with Gasteiger partial charge in [-0.05, 0) is 94.1 Å². The Morgan fingerprint density at radius 2 is 1.18 bits per heavy atom. The van der Waals surface area contributed by atoms with Gasteiger partial charge in [0.1, 0.15) is 11.6 Å². The van der Waals surface area contributed by atoms with E-state index in [0.29, 0.717) is 48.6 Å². The Morgan fingerprint density at radius 1 is 0.692 bits per heavy atom. The van der Waals surface area contributed by atoms with Crippen molar-refractivity contribution in [3.63, 3.8) is 0 Å². The number of piperidine rings is 2. The molecule has 2 aliphatic carbocycles. The number of amides is 2. The zero-order valence-corrected chi connectivity index (χ0v) is 47.9. The van der Waals surface area contributed by atoms with Crippen molar-refractivity contribution in [1.82, 2.24) is 30.4 Å². The molecule has 420 valence electrons. The van der Waals surface area contributed by atoms with Crippen LogP contribution in [0.5, 0.6) is 0 Å². The molecule has 6 fully saturated rings. The molecule has 1 atom stereocenters. The van der Waals surface area contributed by atoms with Crippen LogP contribution in [0.3, 0.4) is 0 Å². The van der Waals surface area contributed by atoms with Gasteiger partial charge in [0, 0.05) is 97.5 Å². The maximum Gasteiger partial charge on any atom is 0.340 e. The maximum absolute atomic E-state index is 13.6. The number of anilines is 2. The zero-order valence-electron chi connectivity index (χ0n) is 45.4. The van der Waals surface area contributed by atoms with Crippen molar-refractivity contribution in [2.24, 2.45) is 4.99 Å². The molecule has 7 heterocycles. The summed E-state index contributed by atoms with van der Waals surface area (Å²) in [7, 11) is 1.32. The zero-order chi connectivity index (χ0) is 53.9. The maximum atomic E-state index is 13.6. The van der Waals surface area contributed by atoms with Crippen LogP contribution in [0.1, 0.15) is 112 Å². The Balaban J connectivity index is 0.000000182. The molecule has 78 heavy (non-hydrogen) atoms. The Morgan fingerprint density at radius 3 is 1.68 bits per heavy atom. The number of carbonyl (C=O) groups is 4. The van der Waals surface area contributed by atoms with Crippen molar-refractivity contribution in [3.05, 3.63) is 70.4 Å². The van der Waals surface area contributed by atoms with E-state index >= 15 is 0 Å². The molecule has 2 aromatic carbocycles. The quantitative estimate of drug-likeness (QED) is 0.109. The van der Waals surface area contributed by atoms with Crippen molar-refractivity contribution < 1.29 is 38.1 Å². The summed E-state index contributed by atoms with van der Waals surface area (Å²) in [4.78, 5) is 76.5. The van der Waals surface area contributed by atoms with Gasteiger partial charge in [0.2, 0.25) is 11.8 Å². The molecule has 2 amide bonds. The summed E-state index contributed by atoms with van der Waals surface area (Å²) in [6.07, 6.45) is 15.7. The number of nitrogens with one attached hydrogen (secondary N) is 2. The second-order valence-corrected chi connectivity index (χ2v) is 24.4. The number of cyclic esters (lactones) is 1. The number of esters is 2. The molecule has 2 N–H and O–H groups in total. The average Bonchev–Trinajstić information content (AvgIpc) is 4.31. The van der Waals surface area contributed by atoms with Crippen LogP contribution in [0.25, 0.3) is 22.5 Å². The number of aliphatic imine (C=N–C) groups is 1. The third kappa shape index (κ3) is 13.4. The Labute approximate surface area is 471 Å². The number of rotatable bonds is 15. The monoisotopic (exact) mass is 1120 g/mol. The second kappa shape index (κ2) is 26.5. The van der Waals surface area contributed by atoms with E-state index in [4.69, 9.17) is 33.9 Å². The van der Waals surface area contributed by atoms with Crippen molar-refractivity contribution in [2.45, 2.75) is 126 Å². The van der Waals surface area contributed by atoms with Crippen LogP contribution in [-0.4, -0.2) is 177 Å². The number of carbonyl (C=O) groups excluding carboxylic acids is 4. The van der Waals surface area contributed by atoms with Gasteiger partial charge in [0.15, 0.2) is 15.8 Å². The largest absolute Gasteiger partial charge is 0.467 e. The third-order valence-corrected chi connectivity index (χ3v) is 19.4. The van der Waals surface area contributed by atoms with Crippen LogP contribution in [-0.2, 0) is 33.3 Å². The normalized spacial score (nSPS) is 21.7. The van der Waals surface area contributed by atoms with Gasteiger partial charge < -0.3 is 39.4 Å². The predicted octanol–water partition coefficient (Wildman–Crippen LogP) is 8.07. The van der Waals surface area contributed by atoms with Gasteiger partial charge in [0.25, 0.3) is 5.91 Å². The van der Waals surface area contributed by atoms with E-state index in [2.05, 4.69) is 53.1 Å². The number of thiazole rings is 2. The fourth-order valence-corrected chi connectivity index (χ4v) is 14.4. The summed E-state index contributed by atoms with van der Waals surface area (Å²) >= 11 is 4.98. The Hall–Kier alpha value is -4.96. The molecule has 20 heteroatoms. The van der Waals surface area contributed by atoms with Crippen LogP contribution in [0.15, 0.2) is 64.3 Å². The third-order valence-electron chi connectivity index (χ3n) is 16.9. The first-order valence-electron chi connectivity index (χ1n) is 28.4. The minimum absolute atomic E-state index is 0.173. The summed E-state index contributed by atoms with van der Waals surface area (Å²) in [5.74, 6) is -0.0759. The number of morpholine rings is 2. The lowest BCUT2D eigenvalue weighted by atomic mass is 9.80. The highest BCUT2D eigenvalue weighted by molar-refractivity contribution is 7.98. The standard InChI is InChI=1S/C32H45N5O5S2.C26H32N4O3S/c1-41-29(39)26(12-21-43-2)33-30(40)32(13-4-3-5-14-32)35-28(38)24-8-6-23(7-9-24)27-22-44-31(34-27)37-15-10-25(11-16-37)36-17-19-42-20-18-36;31-24-26(10-2-1-3-11-26)28-23(33-24)20-6-4-19(5-7-20)22-18-34-25(27-22)30-12-8-21(9-13-30)29-14-16-32-17-15-29/h6-9,22,25-26H,3-5,10-21H2,1-2H3,(H,33,40)(H,35,38);4-7,18,21H,1-3,8-17H2/t26-;/m0./s1. The number of thioether (sulfide) groups is 1. The summed E-state index contributed by atoms with van der Waals surface area (Å²) in [5, 5.41) is 12.3. The summed E-state index contributed by atoms with van der Waals surface area (Å²) in [5.41, 5.74) is 3.58. The Bertz CT molecular complexity index is 2660. The molecule has 0 unspecified atom stereocenters. The highest BCUT2D eigenvalue weighted by Crippen LogP contribution is 2.38. The first-order valence-corrected chi connectivity index (χ1v) is 31.6. The second-order valence-electron chi connectivity index (χ2n) is 21.7. The van der Waals surface area contributed by atoms with E-state index in [1.165, 1.54) is 26.4 Å². The van der Waals surface area contributed by atoms with E-state index in [0.717, 1.165) is 175 Å². The van der Waals surface area contributed by atoms with Gasteiger partial charge in [0.05, 0.1) is 44.9 Å². The highest BCUT2D eigenvalue weighted by atomic mass is 32.2. The summed E-state index contributed by atoms with van der Waals surface area (Å²) < 4.78 is 21.6. The molecule has 0 radical (unpaired) electrons. The van der Waals surface area contributed by atoms with Crippen LogP contribution >= 0.6 is 34.4 Å². The molecule has 0 bridgehead atoms. The lowest BCUT2D eigenvalue weighted by Crippen LogP contribution is -2.62. The minimum Gasteiger partial charge on any atom is -0.467 e. The molecule has 2 aromatic heterocycles. The molecular formula is C58H77N9O8S3. The molecular weight excluding hydrogens is 1050 g/mol. The molecule has 5 aliphatic heterocycles. The fraction of sp³-hybridized carbons (Fsp3) is 0.603. The van der Waals surface area contributed by atoms with Crippen LogP contribution < -0.4 is 20.4 Å². The van der Waals surface area contributed by atoms with E-state index in [1.807, 2.05) is 30.5 Å². The number of hydrogen-bond donors (Lipinski definition) is 2. The molecule has 1 spiro atoms. The first kappa shape index (κ1) is 56.3. The fourth-order valence-electron chi connectivity index (χ4n) is 12.2. The lowest BCUT2D eigenvalue weighted by Gasteiger charge is -2.40. The number of methoxy groups -OCH3 is 1. The van der Waals surface area contributed by atoms with Crippen LogP contribution in [0.2, 0.25) is 0 Å².